The van der Waals surface area contributed by atoms with E-state index in [-0.39, 0.29) is 26.9 Å². The van der Waals surface area contributed by atoms with E-state index in [1.54, 1.807) is 0 Å². The van der Waals surface area contributed by atoms with Gasteiger partial charge in [-0.3, -0.25) is 4.79 Å². The summed E-state index contributed by atoms with van der Waals surface area (Å²) < 4.78 is 28.1. The summed E-state index contributed by atoms with van der Waals surface area (Å²) in [5.41, 5.74) is -0.160. The van der Waals surface area contributed by atoms with Crippen molar-refractivity contribution in [2.45, 2.75) is 30.2 Å². The van der Waals surface area contributed by atoms with E-state index in [1.165, 1.54) is 18.2 Å². The molecule has 1 fully saturated rings. The van der Waals surface area contributed by atoms with Crippen LogP contribution in [-0.4, -0.2) is 33.1 Å². The van der Waals surface area contributed by atoms with Gasteiger partial charge in [0.1, 0.15) is 4.90 Å². The Morgan fingerprint density at radius 2 is 2.00 bits per heavy atom. The quantitative estimate of drug-likeness (QED) is 0.871. The molecule has 0 unspecified atom stereocenters. The number of hydrogen-bond acceptors (Lipinski definition) is 4. The van der Waals surface area contributed by atoms with E-state index in [0.717, 1.165) is 0 Å². The van der Waals surface area contributed by atoms with Gasteiger partial charge in [-0.25, -0.2) is 13.6 Å². The first-order chi connectivity index (χ1) is 9.71. The number of nitrogens with one attached hydrogen (secondary N) is 1. The molecule has 0 aromatic heterocycles. The van der Waals surface area contributed by atoms with E-state index >= 15 is 0 Å². The van der Waals surface area contributed by atoms with Gasteiger partial charge in [0.15, 0.2) is 0 Å². The molecular formula is C13H17ClN2O4S. The average molecular weight is 333 g/mol. The molecule has 8 heteroatoms. The number of hydrogen-bond donors (Lipinski definition) is 2. The van der Waals surface area contributed by atoms with Crippen LogP contribution >= 0.6 is 11.6 Å². The van der Waals surface area contributed by atoms with E-state index in [2.05, 4.69) is 5.32 Å². The van der Waals surface area contributed by atoms with Crippen LogP contribution in [0.3, 0.4) is 0 Å². The van der Waals surface area contributed by atoms with Gasteiger partial charge in [-0.1, -0.05) is 11.6 Å². The van der Waals surface area contributed by atoms with Crippen LogP contribution in [-0.2, 0) is 14.8 Å². The number of amides is 1. The maximum atomic E-state index is 12.3. The molecule has 1 amide bonds. The molecule has 0 bridgehead atoms. The number of ether oxygens (including phenoxy) is 1. The van der Waals surface area contributed by atoms with Crippen molar-refractivity contribution in [1.29, 1.82) is 0 Å². The third-order valence-corrected chi connectivity index (χ3v) is 4.90. The molecule has 1 aliphatic heterocycles. The van der Waals surface area contributed by atoms with E-state index in [0.29, 0.717) is 26.1 Å². The molecule has 0 saturated carbocycles. The van der Waals surface area contributed by atoms with E-state index in [4.69, 9.17) is 21.5 Å². The molecule has 6 nitrogen and oxygen atoms in total. The second kappa shape index (κ2) is 5.92. The Morgan fingerprint density at radius 1 is 1.38 bits per heavy atom. The predicted octanol–water partition coefficient (Wildman–Crippen LogP) is 1.29. The molecule has 0 atom stereocenters. The topological polar surface area (TPSA) is 98.5 Å². The van der Waals surface area contributed by atoms with Crippen molar-refractivity contribution in [3.63, 3.8) is 0 Å². The van der Waals surface area contributed by atoms with Crippen LogP contribution in [0.1, 0.15) is 30.1 Å². The van der Waals surface area contributed by atoms with Crippen LogP contribution in [0.25, 0.3) is 0 Å². The Labute approximate surface area is 128 Å². The molecule has 2 rings (SSSR count). The highest BCUT2D eigenvalue weighted by Gasteiger charge is 2.29. The smallest absolute Gasteiger partial charge is 0.251 e. The van der Waals surface area contributed by atoms with E-state index in [1.807, 2.05) is 6.92 Å². The minimum Gasteiger partial charge on any atom is -0.381 e. The lowest BCUT2D eigenvalue weighted by Gasteiger charge is -2.34. The van der Waals surface area contributed by atoms with Crippen LogP contribution in [0, 0.1) is 0 Å². The maximum Gasteiger partial charge on any atom is 0.251 e. The number of sulfonamides is 1. The Hall–Kier alpha value is -1.15. The van der Waals surface area contributed by atoms with Crippen molar-refractivity contribution in [2.24, 2.45) is 5.14 Å². The van der Waals surface area contributed by atoms with Crippen LogP contribution in [0.5, 0.6) is 0 Å². The molecule has 1 aromatic carbocycles. The first-order valence-electron chi connectivity index (χ1n) is 6.44. The zero-order valence-electron chi connectivity index (χ0n) is 11.6. The molecule has 116 valence electrons. The predicted molar refractivity (Wildman–Crippen MR) is 78.7 cm³/mol. The third kappa shape index (κ3) is 3.94. The molecule has 21 heavy (non-hydrogen) atoms. The van der Waals surface area contributed by atoms with Gasteiger partial charge in [0.2, 0.25) is 10.0 Å². The van der Waals surface area contributed by atoms with Crippen molar-refractivity contribution >= 4 is 27.5 Å². The van der Waals surface area contributed by atoms with E-state index in [9.17, 15) is 13.2 Å². The van der Waals surface area contributed by atoms with Gasteiger partial charge in [0.05, 0.1) is 5.02 Å². The maximum absolute atomic E-state index is 12.3. The van der Waals surface area contributed by atoms with Crippen LogP contribution < -0.4 is 10.5 Å². The fourth-order valence-electron chi connectivity index (χ4n) is 2.16. The molecule has 1 saturated heterocycles. The second-order valence-corrected chi connectivity index (χ2v) is 7.25. The summed E-state index contributed by atoms with van der Waals surface area (Å²) in [6, 6.07) is 4.01. The lowest BCUT2D eigenvalue weighted by atomic mass is 9.92. The van der Waals surface area contributed by atoms with Crippen molar-refractivity contribution in [3.8, 4) is 0 Å². The molecule has 3 N–H and O–H groups in total. The molecular weight excluding hydrogens is 316 g/mol. The van der Waals surface area contributed by atoms with Gasteiger partial charge in [0, 0.05) is 24.3 Å². The van der Waals surface area contributed by atoms with Gasteiger partial charge >= 0.3 is 0 Å². The lowest BCUT2D eigenvalue weighted by Crippen LogP contribution is -2.49. The number of rotatable bonds is 3. The molecule has 0 radical (unpaired) electrons. The first kappa shape index (κ1) is 16.2. The number of nitrogens with two attached hydrogens (primary N) is 1. The Kier molecular flexibility index (Phi) is 4.57. The van der Waals surface area contributed by atoms with Gasteiger partial charge in [0.25, 0.3) is 5.91 Å². The van der Waals surface area contributed by atoms with Crippen molar-refractivity contribution < 1.29 is 17.9 Å². The standard InChI is InChI=1S/C13H17ClN2O4S/c1-13(4-6-20-7-5-13)16-12(17)9-2-3-10(14)11(8-9)21(15,18)19/h2-3,8H,4-7H2,1H3,(H,16,17)(H2,15,18,19). The SMILES string of the molecule is CC1(NC(=O)c2ccc(Cl)c(S(N)(=O)=O)c2)CCOCC1. The Balaban J connectivity index is 2.24. The highest BCUT2D eigenvalue weighted by Crippen LogP contribution is 2.23. The minimum absolute atomic E-state index is 0.00803. The Morgan fingerprint density at radius 3 is 2.57 bits per heavy atom. The summed E-state index contributed by atoms with van der Waals surface area (Å²) in [7, 11) is -3.97. The fraction of sp³-hybridized carbons (Fsp3) is 0.462. The van der Waals surface area contributed by atoms with Crippen LogP contribution in [0.15, 0.2) is 23.1 Å². The van der Waals surface area contributed by atoms with Crippen LogP contribution in [0.4, 0.5) is 0 Å². The largest absolute Gasteiger partial charge is 0.381 e. The van der Waals surface area contributed by atoms with Crippen molar-refractivity contribution in [1.82, 2.24) is 5.32 Å². The second-order valence-electron chi connectivity index (χ2n) is 5.32. The van der Waals surface area contributed by atoms with Gasteiger partial charge in [-0.15, -0.1) is 0 Å². The van der Waals surface area contributed by atoms with Crippen molar-refractivity contribution in [3.05, 3.63) is 28.8 Å². The summed E-state index contributed by atoms with van der Waals surface area (Å²) in [5.74, 6) is -0.360. The van der Waals surface area contributed by atoms with Gasteiger partial charge in [-0.05, 0) is 38.0 Å². The third-order valence-electron chi connectivity index (χ3n) is 3.51. The summed E-state index contributed by atoms with van der Waals surface area (Å²) in [5, 5.41) is 7.98. The summed E-state index contributed by atoms with van der Waals surface area (Å²) in [4.78, 5) is 12.0. The summed E-state index contributed by atoms with van der Waals surface area (Å²) in [6.45, 7) is 3.10. The molecule has 0 aliphatic carbocycles. The minimum atomic E-state index is -3.97. The normalized spacial score (nSPS) is 18.2. The van der Waals surface area contributed by atoms with Gasteiger partial charge < -0.3 is 10.1 Å². The number of benzene rings is 1. The number of carbonyl (C=O) groups excluding carboxylic acids is 1. The highest BCUT2D eigenvalue weighted by molar-refractivity contribution is 7.89. The highest BCUT2D eigenvalue weighted by atomic mass is 35.5. The summed E-state index contributed by atoms with van der Waals surface area (Å²) >= 11 is 5.80. The monoisotopic (exact) mass is 332 g/mol. The average Bonchev–Trinajstić information content (AvgIpc) is 2.38. The number of carbonyl (C=O) groups is 1. The van der Waals surface area contributed by atoms with Crippen LogP contribution in [0.2, 0.25) is 5.02 Å². The number of halogens is 1. The molecule has 1 aliphatic rings. The Bertz CT molecular complexity index is 654. The fourth-order valence-corrected chi connectivity index (χ4v) is 3.23. The summed E-state index contributed by atoms with van der Waals surface area (Å²) in [6.07, 6.45) is 1.41. The van der Waals surface area contributed by atoms with Gasteiger partial charge in [-0.2, -0.15) is 0 Å². The lowest BCUT2D eigenvalue weighted by molar-refractivity contribution is 0.0423. The molecule has 1 heterocycles. The molecule has 0 spiro atoms. The zero-order chi connectivity index (χ0) is 15.7. The first-order valence-corrected chi connectivity index (χ1v) is 8.36. The molecule has 1 aromatic rings. The van der Waals surface area contributed by atoms with Crippen molar-refractivity contribution in [2.75, 3.05) is 13.2 Å². The number of primary sulfonamides is 1. The van der Waals surface area contributed by atoms with E-state index < -0.39 is 10.0 Å². The zero-order valence-corrected chi connectivity index (χ0v) is 13.1.